The fraction of sp³-hybridized carbons (Fsp3) is 0.556. The van der Waals surface area contributed by atoms with E-state index in [1.165, 1.54) is 7.11 Å². The predicted octanol–water partition coefficient (Wildman–Crippen LogP) is 1.16. The van der Waals surface area contributed by atoms with Gasteiger partial charge in [0.15, 0.2) is 11.5 Å². The number of hydrogen-bond donors (Lipinski definition) is 1. The summed E-state index contributed by atoms with van der Waals surface area (Å²) in [5, 5.41) is 3.09. The lowest BCUT2D eigenvalue weighted by molar-refractivity contribution is -0.135. The van der Waals surface area contributed by atoms with Gasteiger partial charge in [0.2, 0.25) is 5.91 Å². The van der Waals surface area contributed by atoms with Gasteiger partial charge in [-0.25, -0.2) is 0 Å². The van der Waals surface area contributed by atoms with Crippen LogP contribution < -0.4 is 14.8 Å². The number of piperidine rings is 1. The Bertz CT molecular complexity index is 655. The van der Waals surface area contributed by atoms with E-state index in [0.29, 0.717) is 43.2 Å². The zero-order valence-corrected chi connectivity index (χ0v) is 16.0. The van der Waals surface area contributed by atoms with Crippen LogP contribution in [0.2, 0.25) is 0 Å². The molecule has 1 N–H and O–H groups in total. The number of para-hydroxylation sites is 1. The number of carbonyl (C=O) groups is 2. The number of halogens is 1. The van der Waals surface area contributed by atoms with Crippen LogP contribution in [0.5, 0.6) is 11.5 Å². The van der Waals surface area contributed by atoms with Gasteiger partial charge in [-0.05, 0) is 25.0 Å². The van der Waals surface area contributed by atoms with E-state index in [9.17, 15) is 9.59 Å². The monoisotopic (exact) mass is 383 g/mol. The van der Waals surface area contributed by atoms with E-state index >= 15 is 0 Å². The van der Waals surface area contributed by atoms with E-state index in [-0.39, 0.29) is 30.3 Å². The number of ether oxygens (including phenoxy) is 2. The Labute approximate surface area is 160 Å². The van der Waals surface area contributed by atoms with E-state index in [1.807, 2.05) is 9.80 Å². The molecule has 0 bridgehead atoms. The van der Waals surface area contributed by atoms with Gasteiger partial charge in [-0.2, -0.15) is 0 Å². The summed E-state index contributed by atoms with van der Waals surface area (Å²) in [5.41, 5.74) is 0.495. The fourth-order valence-corrected chi connectivity index (χ4v) is 3.63. The fourth-order valence-electron chi connectivity index (χ4n) is 3.63. The molecule has 0 saturated carbocycles. The highest BCUT2D eigenvalue weighted by molar-refractivity contribution is 5.98. The first-order valence-electron chi connectivity index (χ1n) is 8.66. The van der Waals surface area contributed by atoms with Crippen molar-refractivity contribution in [3.63, 3.8) is 0 Å². The van der Waals surface area contributed by atoms with Gasteiger partial charge in [0, 0.05) is 32.2 Å². The summed E-state index contributed by atoms with van der Waals surface area (Å²) in [6.07, 6.45) is 1.82. The van der Waals surface area contributed by atoms with Crippen LogP contribution in [-0.4, -0.2) is 74.6 Å². The van der Waals surface area contributed by atoms with Crippen molar-refractivity contribution in [2.75, 3.05) is 46.9 Å². The van der Waals surface area contributed by atoms with Crippen LogP contribution in [0.25, 0.3) is 0 Å². The van der Waals surface area contributed by atoms with Gasteiger partial charge in [0.25, 0.3) is 5.91 Å². The summed E-state index contributed by atoms with van der Waals surface area (Å²) in [4.78, 5) is 28.9. The summed E-state index contributed by atoms with van der Waals surface area (Å²) >= 11 is 0. The second kappa shape index (κ2) is 9.09. The van der Waals surface area contributed by atoms with Gasteiger partial charge in [-0.3, -0.25) is 9.59 Å². The lowest BCUT2D eigenvalue weighted by Gasteiger charge is -2.41. The molecular formula is C18H26ClN3O4. The molecule has 0 aromatic heterocycles. The Hall–Kier alpha value is -1.99. The average molecular weight is 384 g/mol. The number of likely N-dealkylation sites (tertiary alicyclic amines) is 1. The van der Waals surface area contributed by atoms with E-state index in [4.69, 9.17) is 9.47 Å². The maximum Gasteiger partial charge on any atom is 0.257 e. The molecule has 0 aliphatic carbocycles. The highest BCUT2D eigenvalue weighted by Crippen LogP contribution is 2.32. The zero-order valence-electron chi connectivity index (χ0n) is 15.2. The third kappa shape index (κ3) is 4.04. The van der Waals surface area contributed by atoms with Crippen LogP contribution >= 0.6 is 12.4 Å². The van der Waals surface area contributed by atoms with Crippen molar-refractivity contribution in [1.29, 1.82) is 0 Å². The van der Waals surface area contributed by atoms with Crippen molar-refractivity contribution in [2.24, 2.45) is 0 Å². The molecule has 1 unspecified atom stereocenters. The Morgan fingerprint density at radius 3 is 2.73 bits per heavy atom. The molecule has 2 heterocycles. The predicted molar refractivity (Wildman–Crippen MR) is 100 cm³/mol. The highest BCUT2D eigenvalue weighted by Gasteiger charge is 2.32. The van der Waals surface area contributed by atoms with Crippen molar-refractivity contribution in [3.05, 3.63) is 23.8 Å². The first kappa shape index (κ1) is 20.3. The van der Waals surface area contributed by atoms with Crippen molar-refractivity contribution < 1.29 is 19.1 Å². The van der Waals surface area contributed by atoms with Crippen LogP contribution in [0.15, 0.2) is 18.2 Å². The van der Waals surface area contributed by atoms with Crippen LogP contribution in [0.3, 0.4) is 0 Å². The summed E-state index contributed by atoms with van der Waals surface area (Å²) < 4.78 is 10.7. The Morgan fingerprint density at radius 1 is 1.23 bits per heavy atom. The molecule has 7 nitrogen and oxygen atoms in total. The summed E-state index contributed by atoms with van der Waals surface area (Å²) in [7, 11) is 3.09. The Balaban J connectivity index is 0.00000243. The third-order valence-electron chi connectivity index (χ3n) is 4.88. The van der Waals surface area contributed by atoms with Crippen molar-refractivity contribution >= 4 is 24.2 Å². The van der Waals surface area contributed by atoms with Gasteiger partial charge >= 0.3 is 0 Å². The van der Waals surface area contributed by atoms with Crippen molar-refractivity contribution in [1.82, 2.24) is 15.1 Å². The van der Waals surface area contributed by atoms with Crippen LogP contribution in [0.4, 0.5) is 0 Å². The van der Waals surface area contributed by atoms with Gasteiger partial charge in [0.1, 0.15) is 0 Å². The lowest BCUT2D eigenvalue weighted by atomic mass is 10.0. The molecule has 8 heteroatoms. The van der Waals surface area contributed by atoms with Gasteiger partial charge < -0.3 is 24.6 Å². The van der Waals surface area contributed by atoms with Gasteiger partial charge in [-0.15, -0.1) is 12.4 Å². The van der Waals surface area contributed by atoms with E-state index < -0.39 is 0 Å². The Morgan fingerprint density at radius 2 is 2.04 bits per heavy atom. The number of benzene rings is 1. The quantitative estimate of drug-likeness (QED) is 0.844. The molecule has 1 atom stereocenters. The van der Waals surface area contributed by atoms with Crippen molar-refractivity contribution in [3.8, 4) is 11.5 Å². The van der Waals surface area contributed by atoms with Gasteiger partial charge in [0.05, 0.1) is 26.3 Å². The SMILES string of the molecule is COc1cccc(C(=O)N2CCCC(N3CCNCC3=O)C2)c1OC.Cl. The standard InChI is InChI=1S/C18H25N3O4.ClH/c1-24-15-7-3-6-14(17(15)25-2)18(23)20-9-4-5-13(12-20)21-10-8-19-11-16(21)22;/h3,6-7,13,19H,4-5,8-12H2,1-2H3;1H. The first-order chi connectivity index (χ1) is 12.2. The highest BCUT2D eigenvalue weighted by atomic mass is 35.5. The van der Waals surface area contributed by atoms with Crippen molar-refractivity contribution in [2.45, 2.75) is 18.9 Å². The second-order valence-electron chi connectivity index (χ2n) is 6.35. The molecule has 3 rings (SSSR count). The van der Waals surface area contributed by atoms with Crippen LogP contribution in [0.1, 0.15) is 23.2 Å². The number of nitrogens with one attached hydrogen (secondary N) is 1. The minimum atomic E-state index is -0.0805. The van der Waals surface area contributed by atoms with Gasteiger partial charge in [-0.1, -0.05) is 6.07 Å². The second-order valence-corrected chi connectivity index (χ2v) is 6.35. The summed E-state index contributed by atoms with van der Waals surface area (Å²) in [6, 6.07) is 5.40. The maximum atomic E-state index is 13.0. The maximum absolute atomic E-state index is 13.0. The average Bonchev–Trinajstić information content (AvgIpc) is 2.67. The molecule has 2 saturated heterocycles. The largest absolute Gasteiger partial charge is 0.493 e. The lowest BCUT2D eigenvalue weighted by Crippen LogP contribution is -2.57. The summed E-state index contributed by atoms with van der Waals surface area (Å²) in [6.45, 7) is 3.14. The van der Waals surface area contributed by atoms with Crippen LogP contribution in [-0.2, 0) is 4.79 Å². The number of piperazine rings is 1. The zero-order chi connectivity index (χ0) is 17.8. The van der Waals surface area contributed by atoms with E-state index in [0.717, 1.165) is 19.4 Å². The molecule has 2 aliphatic rings. The number of carbonyl (C=O) groups excluding carboxylic acids is 2. The molecule has 1 aromatic carbocycles. The molecule has 0 radical (unpaired) electrons. The topological polar surface area (TPSA) is 71.1 Å². The first-order valence-corrected chi connectivity index (χ1v) is 8.66. The molecule has 26 heavy (non-hydrogen) atoms. The molecular weight excluding hydrogens is 358 g/mol. The third-order valence-corrected chi connectivity index (χ3v) is 4.88. The molecule has 1 aromatic rings. The number of methoxy groups -OCH3 is 2. The summed E-state index contributed by atoms with van der Waals surface area (Å²) in [5.74, 6) is 1.03. The number of rotatable bonds is 4. The molecule has 2 fully saturated rings. The smallest absolute Gasteiger partial charge is 0.257 e. The number of amides is 2. The molecule has 0 spiro atoms. The number of nitrogens with zero attached hydrogens (tertiary/aromatic N) is 2. The minimum absolute atomic E-state index is 0. The molecule has 2 amide bonds. The van der Waals surface area contributed by atoms with Crippen LogP contribution in [0, 0.1) is 0 Å². The van der Waals surface area contributed by atoms with E-state index in [2.05, 4.69) is 5.32 Å². The number of hydrogen-bond acceptors (Lipinski definition) is 5. The minimum Gasteiger partial charge on any atom is -0.493 e. The molecule has 2 aliphatic heterocycles. The Kier molecular flexibility index (Phi) is 7.11. The van der Waals surface area contributed by atoms with E-state index in [1.54, 1.807) is 25.3 Å². The molecule has 144 valence electrons. The normalized spacial score (nSPS) is 20.4.